The van der Waals surface area contributed by atoms with Crippen molar-refractivity contribution in [3.63, 3.8) is 0 Å². The Morgan fingerprint density at radius 3 is 2.09 bits per heavy atom. The molecule has 210 valence electrons. The fraction of sp³-hybridized carbons (Fsp3) is 0. The van der Waals surface area contributed by atoms with Crippen LogP contribution in [0, 0.1) is 0 Å². The second kappa shape index (κ2) is 9.15. The lowest BCUT2D eigenvalue weighted by molar-refractivity contribution is 0.667. The summed E-state index contributed by atoms with van der Waals surface area (Å²) in [6.07, 6.45) is 0. The van der Waals surface area contributed by atoms with E-state index in [-0.39, 0.29) is 0 Å². The highest BCUT2D eigenvalue weighted by molar-refractivity contribution is 6.19. The summed E-state index contributed by atoms with van der Waals surface area (Å²) in [5.41, 5.74) is 9.86. The van der Waals surface area contributed by atoms with E-state index in [1.807, 2.05) is 66.7 Å². The number of benzene rings is 6. The quantitative estimate of drug-likeness (QED) is 0.210. The molecule has 5 nitrogen and oxygen atoms in total. The molecule has 0 saturated heterocycles. The van der Waals surface area contributed by atoms with Crippen LogP contribution in [0.4, 0.5) is 0 Å². The minimum Gasteiger partial charge on any atom is -0.456 e. The van der Waals surface area contributed by atoms with Gasteiger partial charge >= 0.3 is 0 Å². The minimum absolute atomic E-state index is 0.648. The van der Waals surface area contributed by atoms with E-state index in [9.17, 15) is 0 Å². The van der Waals surface area contributed by atoms with Gasteiger partial charge in [-0.25, -0.2) is 9.97 Å². The third-order valence-electron chi connectivity index (χ3n) is 8.81. The zero-order chi connectivity index (χ0) is 29.5. The number of para-hydroxylation sites is 3. The number of fused-ring (bicyclic) bond motifs is 9. The highest BCUT2D eigenvalue weighted by Gasteiger charge is 2.23. The van der Waals surface area contributed by atoms with E-state index in [0.29, 0.717) is 11.4 Å². The molecule has 6 aromatic carbocycles. The number of aromatic nitrogens is 3. The Hall–Kier alpha value is -6.20. The summed E-state index contributed by atoms with van der Waals surface area (Å²) in [5, 5.41) is 5.30. The summed E-state index contributed by atoms with van der Waals surface area (Å²) in [4.78, 5) is 10.4. The van der Waals surface area contributed by atoms with Gasteiger partial charge in [0.1, 0.15) is 28.0 Å². The van der Waals surface area contributed by atoms with E-state index in [0.717, 1.165) is 77.4 Å². The van der Waals surface area contributed by atoms with Gasteiger partial charge in [0.05, 0.1) is 11.0 Å². The Morgan fingerprint density at radius 2 is 1.22 bits per heavy atom. The highest BCUT2D eigenvalue weighted by atomic mass is 16.3. The lowest BCUT2D eigenvalue weighted by atomic mass is 10.0. The molecule has 0 bridgehead atoms. The number of hydrogen-bond acceptors (Lipinski definition) is 4. The first-order valence-electron chi connectivity index (χ1n) is 15.0. The van der Waals surface area contributed by atoms with E-state index in [1.54, 1.807) is 0 Å². The van der Waals surface area contributed by atoms with E-state index in [4.69, 9.17) is 18.8 Å². The molecule has 0 N–H and O–H groups in total. The van der Waals surface area contributed by atoms with Crippen LogP contribution in [0.1, 0.15) is 0 Å². The van der Waals surface area contributed by atoms with Gasteiger partial charge < -0.3 is 13.4 Å². The van der Waals surface area contributed by atoms with Gasteiger partial charge in [0.2, 0.25) is 0 Å². The number of nitrogens with zero attached hydrogens (tertiary/aromatic N) is 3. The maximum absolute atomic E-state index is 6.77. The van der Waals surface area contributed by atoms with E-state index >= 15 is 0 Å². The van der Waals surface area contributed by atoms with Crippen LogP contribution < -0.4 is 0 Å². The summed E-state index contributed by atoms with van der Waals surface area (Å²) < 4.78 is 15.4. The van der Waals surface area contributed by atoms with Crippen molar-refractivity contribution < 1.29 is 8.83 Å². The standard InChI is InChI=1S/C40H23N3O2/c1-3-12-24(13-4-1)40-41-37(28-18-11-21-34-36(28)27-17-8-10-20-33(27)44-34)39-38(42-40)30-22-32-29(23-35(30)45-39)26-16-7-9-19-31(26)43(32)25-14-5-2-6-15-25/h1-23H. The molecule has 0 aliphatic heterocycles. The molecule has 0 radical (unpaired) electrons. The Kier molecular flexibility index (Phi) is 4.93. The molecular weight excluding hydrogens is 554 g/mol. The van der Waals surface area contributed by atoms with Gasteiger partial charge in [-0.15, -0.1) is 0 Å². The fourth-order valence-electron chi connectivity index (χ4n) is 6.83. The summed E-state index contributed by atoms with van der Waals surface area (Å²) >= 11 is 0. The topological polar surface area (TPSA) is 57.0 Å². The summed E-state index contributed by atoms with van der Waals surface area (Å²) in [6, 6.07) is 47.8. The Bertz CT molecular complexity index is 2750. The maximum atomic E-state index is 6.77. The minimum atomic E-state index is 0.648. The van der Waals surface area contributed by atoms with Gasteiger partial charge in [0, 0.05) is 43.7 Å². The van der Waals surface area contributed by atoms with Crippen molar-refractivity contribution in [3.05, 3.63) is 140 Å². The SMILES string of the molecule is c1ccc(-c2nc(-c3cccc4oc5ccccc5c34)c3oc4cc5c6ccccc6n(-c6ccccc6)c5cc4c3n2)cc1. The molecular formula is C40H23N3O2. The predicted octanol–water partition coefficient (Wildman–Crippen LogP) is 10.7. The largest absolute Gasteiger partial charge is 0.456 e. The molecule has 4 aromatic heterocycles. The molecule has 0 atom stereocenters. The zero-order valence-electron chi connectivity index (χ0n) is 23.9. The van der Waals surface area contributed by atoms with Crippen molar-refractivity contribution in [2.24, 2.45) is 0 Å². The van der Waals surface area contributed by atoms with Crippen LogP contribution in [-0.4, -0.2) is 14.5 Å². The Balaban J connectivity index is 1.35. The number of hydrogen-bond donors (Lipinski definition) is 0. The van der Waals surface area contributed by atoms with Gasteiger partial charge in [0.15, 0.2) is 11.4 Å². The normalized spacial score (nSPS) is 12.0. The van der Waals surface area contributed by atoms with Crippen molar-refractivity contribution in [1.82, 2.24) is 14.5 Å². The first-order valence-corrected chi connectivity index (χ1v) is 15.0. The van der Waals surface area contributed by atoms with Gasteiger partial charge in [0.25, 0.3) is 0 Å². The van der Waals surface area contributed by atoms with Crippen molar-refractivity contribution in [2.75, 3.05) is 0 Å². The monoisotopic (exact) mass is 577 g/mol. The molecule has 5 heteroatoms. The van der Waals surface area contributed by atoms with Crippen molar-refractivity contribution in [1.29, 1.82) is 0 Å². The average molecular weight is 578 g/mol. The molecule has 0 fully saturated rings. The molecule has 0 amide bonds. The van der Waals surface area contributed by atoms with Crippen molar-refractivity contribution in [3.8, 4) is 28.3 Å². The molecule has 0 aliphatic rings. The van der Waals surface area contributed by atoms with E-state index < -0.39 is 0 Å². The smallest absolute Gasteiger partial charge is 0.180 e. The highest BCUT2D eigenvalue weighted by Crippen LogP contribution is 2.43. The first kappa shape index (κ1) is 24.3. The van der Waals surface area contributed by atoms with Crippen molar-refractivity contribution >= 4 is 65.8 Å². The van der Waals surface area contributed by atoms with Gasteiger partial charge in [-0.05, 0) is 42.5 Å². The van der Waals surface area contributed by atoms with E-state index in [2.05, 4.69) is 77.4 Å². The zero-order valence-corrected chi connectivity index (χ0v) is 23.9. The van der Waals surface area contributed by atoms with Gasteiger partial charge in [-0.2, -0.15) is 0 Å². The van der Waals surface area contributed by atoms with Crippen LogP contribution >= 0.6 is 0 Å². The lowest BCUT2D eigenvalue weighted by Crippen LogP contribution is -1.94. The first-order chi connectivity index (χ1) is 22.3. The third-order valence-corrected chi connectivity index (χ3v) is 8.81. The van der Waals surface area contributed by atoms with Crippen LogP contribution in [0.3, 0.4) is 0 Å². The average Bonchev–Trinajstić information content (AvgIpc) is 3.77. The maximum Gasteiger partial charge on any atom is 0.180 e. The van der Waals surface area contributed by atoms with Crippen LogP contribution in [0.25, 0.3) is 94.1 Å². The second-order valence-electron chi connectivity index (χ2n) is 11.4. The third kappa shape index (κ3) is 3.49. The molecule has 0 spiro atoms. The fourth-order valence-corrected chi connectivity index (χ4v) is 6.83. The molecule has 45 heavy (non-hydrogen) atoms. The number of rotatable bonds is 3. The predicted molar refractivity (Wildman–Crippen MR) is 182 cm³/mol. The lowest BCUT2D eigenvalue weighted by Gasteiger charge is -2.08. The molecule has 10 aromatic rings. The Labute approximate surface area is 256 Å². The molecule has 0 saturated carbocycles. The van der Waals surface area contributed by atoms with Gasteiger partial charge in [-0.3, -0.25) is 0 Å². The second-order valence-corrected chi connectivity index (χ2v) is 11.4. The Morgan fingerprint density at radius 1 is 0.489 bits per heavy atom. The molecule has 4 heterocycles. The van der Waals surface area contributed by atoms with Crippen LogP contribution in [0.2, 0.25) is 0 Å². The molecule has 10 rings (SSSR count). The van der Waals surface area contributed by atoms with Gasteiger partial charge in [-0.1, -0.05) is 97.1 Å². The number of furan rings is 2. The van der Waals surface area contributed by atoms with E-state index in [1.165, 1.54) is 5.39 Å². The van der Waals surface area contributed by atoms with Crippen LogP contribution in [0.5, 0.6) is 0 Å². The van der Waals surface area contributed by atoms with Crippen LogP contribution in [-0.2, 0) is 0 Å². The molecule has 0 aliphatic carbocycles. The summed E-state index contributed by atoms with van der Waals surface area (Å²) in [7, 11) is 0. The molecule has 0 unspecified atom stereocenters. The summed E-state index contributed by atoms with van der Waals surface area (Å²) in [6.45, 7) is 0. The van der Waals surface area contributed by atoms with Crippen molar-refractivity contribution in [2.45, 2.75) is 0 Å². The van der Waals surface area contributed by atoms with Crippen LogP contribution in [0.15, 0.2) is 148 Å². The summed E-state index contributed by atoms with van der Waals surface area (Å²) in [5.74, 6) is 0.648.